The van der Waals surface area contributed by atoms with E-state index in [1.54, 1.807) is 0 Å². The Balaban J connectivity index is 1.99. The van der Waals surface area contributed by atoms with Gasteiger partial charge in [-0.25, -0.2) is 0 Å². The highest BCUT2D eigenvalue weighted by molar-refractivity contribution is 4.91. The molecule has 0 N–H and O–H groups in total. The second-order valence-electron chi connectivity index (χ2n) is 4.39. The Hall–Kier alpha value is -0.0400. The molecule has 78 valence electrons. The Morgan fingerprint density at radius 3 is 2.08 bits per heavy atom. The summed E-state index contributed by atoms with van der Waals surface area (Å²) in [5.41, 5.74) is 0.351. The summed E-state index contributed by atoms with van der Waals surface area (Å²) in [5, 5.41) is 0. The summed E-state index contributed by atoms with van der Waals surface area (Å²) in [6, 6.07) is 0. The van der Waals surface area contributed by atoms with Crippen LogP contribution in [0, 0.1) is 0 Å². The monoisotopic (exact) mass is 184 g/mol. The fourth-order valence-corrected chi connectivity index (χ4v) is 1.89. The third-order valence-corrected chi connectivity index (χ3v) is 3.02. The van der Waals surface area contributed by atoms with Gasteiger partial charge in [0.2, 0.25) is 0 Å². The maximum absolute atomic E-state index is 5.58. The highest BCUT2D eigenvalue weighted by Crippen LogP contribution is 2.37. The number of unbranched alkanes of at least 4 members (excludes halogenated alkanes) is 4. The molecule has 0 spiro atoms. The summed E-state index contributed by atoms with van der Waals surface area (Å²) in [4.78, 5) is 0. The van der Waals surface area contributed by atoms with Gasteiger partial charge in [0.15, 0.2) is 0 Å². The van der Waals surface area contributed by atoms with Gasteiger partial charge in [0.25, 0.3) is 0 Å². The van der Waals surface area contributed by atoms with Gasteiger partial charge in [0, 0.05) is 0 Å². The minimum Gasteiger partial charge on any atom is -0.370 e. The Labute approximate surface area is 82.9 Å². The smallest absolute Gasteiger partial charge is 0.0916 e. The van der Waals surface area contributed by atoms with Crippen molar-refractivity contribution in [2.24, 2.45) is 0 Å². The van der Waals surface area contributed by atoms with Crippen molar-refractivity contribution in [2.75, 3.05) is 6.61 Å². The molecule has 0 amide bonds. The van der Waals surface area contributed by atoms with E-state index in [-0.39, 0.29) is 0 Å². The second kappa shape index (κ2) is 5.64. The summed E-state index contributed by atoms with van der Waals surface area (Å²) < 4.78 is 5.58. The molecule has 1 fully saturated rings. The standard InChI is InChI=1S/C12H24O/c1-3-5-7-8-10-12(11-13-12)9-6-4-2/h3-11H2,1-2H3. The summed E-state index contributed by atoms with van der Waals surface area (Å²) in [6.07, 6.45) is 10.8. The lowest BCUT2D eigenvalue weighted by atomic mass is 9.96. The van der Waals surface area contributed by atoms with Crippen LogP contribution in [-0.4, -0.2) is 12.2 Å². The van der Waals surface area contributed by atoms with Crippen LogP contribution in [0.1, 0.15) is 65.2 Å². The molecule has 0 radical (unpaired) electrons. The molecule has 0 aliphatic carbocycles. The van der Waals surface area contributed by atoms with Gasteiger partial charge in [-0.05, 0) is 12.8 Å². The third kappa shape index (κ3) is 4.12. The highest BCUT2D eigenvalue weighted by atomic mass is 16.6. The van der Waals surface area contributed by atoms with Gasteiger partial charge in [-0.15, -0.1) is 0 Å². The largest absolute Gasteiger partial charge is 0.370 e. The average molecular weight is 184 g/mol. The molecule has 0 saturated carbocycles. The van der Waals surface area contributed by atoms with Crippen LogP contribution >= 0.6 is 0 Å². The molecule has 0 aromatic heterocycles. The van der Waals surface area contributed by atoms with Gasteiger partial charge in [-0.2, -0.15) is 0 Å². The van der Waals surface area contributed by atoms with Crippen molar-refractivity contribution in [3.8, 4) is 0 Å². The lowest BCUT2D eigenvalue weighted by Gasteiger charge is -2.10. The van der Waals surface area contributed by atoms with Gasteiger partial charge in [-0.1, -0.05) is 52.4 Å². The molecule has 0 aromatic rings. The zero-order valence-corrected chi connectivity index (χ0v) is 9.27. The predicted octanol–water partition coefficient (Wildman–Crippen LogP) is 3.92. The quantitative estimate of drug-likeness (QED) is 0.411. The van der Waals surface area contributed by atoms with Gasteiger partial charge in [0.05, 0.1) is 12.2 Å². The van der Waals surface area contributed by atoms with E-state index in [0.717, 1.165) is 6.61 Å². The van der Waals surface area contributed by atoms with Crippen LogP contribution in [-0.2, 0) is 4.74 Å². The SMILES string of the molecule is CCCCCCC1(CCCC)CO1. The first kappa shape index (κ1) is 11.0. The topological polar surface area (TPSA) is 12.5 Å². The molecular formula is C12H24O. The molecule has 1 unspecified atom stereocenters. The Bertz CT molecular complexity index is 127. The Morgan fingerprint density at radius 1 is 0.923 bits per heavy atom. The molecule has 1 saturated heterocycles. The van der Waals surface area contributed by atoms with E-state index in [2.05, 4.69) is 13.8 Å². The van der Waals surface area contributed by atoms with E-state index >= 15 is 0 Å². The van der Waals surface area contributed by atoms with E-state index in [4.69, 9.17) is 4.74 Å². The zero-order valence-electron chi connectivity index (χ0n) is 9.27. The minimum absolute atomic E-state index is 0.351. The molecule has 1 aliphatic heterocycles. The number of hydrogen-bond acceptors (Lipinski definition) is 1. The molecule has 0 aromatic carbocycles. The predicted molar refractivity (Wildman–Crippen MR) is 57.0 cm³/mol. The lowest BCUT2D eigenvalue weighted by Crippen LogP contribution is -2.10. The first-order valence-corrected chi connectivity index (χ1v) is 5.97. The fourth-order valence-electron chi connectivity index (χ4n) is 1.89. The molecule has 1 rings (SSSR count). The summed E-state index contributed by atoms with van der Waals surface area (Å²) >= 11 is 0. The number of rotatable bonds is 8. The van der Waals surface area contributed by atoms with E-state index in [1.165, 1.54) is 51.4 Å². The van der Waals surface area contributed by atoms with Gasteiger partial charge < -0.3 is 4.74 Å². The molecule has 1 aliphatic rings. The maximum atomic E-state index is 5.58. The van der Waals surface area contributed by atoms with Crippen molar-refractivity contribution in [2.45, 2.75) is 70.8 Å². The second-order valence-corrected chi connectivity index (χ2v) is 4.39. The van der Waals surface area contributed by atoms with Crippen molar-refractivity contribution in [1.29, 1.82) is 0 Å². The number of ether oxygens (including phenoxy) is 1. The van der Waals surface area contributed by atoms with Crippen molar-refractivity contribution < 1.29 is 4.74 Å². The summed E-state index contributed by atoms with van der Waals surface area (Å²) in [7, 11) is 0. The van der Waals surface area contributed by atoms with Crippen molar-refractivity contribution >= 4 is 0 Å². The molecule has 1 heterocycles. The van der Waals surface area contributed by atoms with Crippen LogP contribution in [0.3, 0.4) is 0 Å². The summed E-state index contributed by atoms with van der Waals surface area (Å²) in [6.45, 7) is 5.56. The molecule has 1 atom stereocenters. The van der Waals surface area contributed by atoms with Crippen LogP contribution in [0.4, 0.5) is 0 Å². The number of epoxide rings is 1. The first-order valence-electron chi connectivity index (χ1n) is 5.97. The van der Waals surface area contributed by atoms with E-state index in [9.17, 15) is 0 Å². The molecule has 0 bridgehead atoms. The van der Waals surface area contributed by atoms with Crippen molar-refractivity contribution in [1.82, 2.24) is 0 Å². The summed E-state index contributed by atoms with van der Waals surface area (Å²) in [5.74, 6) is 0. The Morgan fingerprint density at radius 2 is 1.54 bits per heavy atom. The van der Waals surface area contributed by atoms with Crippen LogP contribution in [0.15, 0.2) is 0 Å². The van der Waals surface area contributed by atoms with Crippen LogP contribution in [0.2, 0.25) is 0 Å². The third-order valence-electron chi connectivity index (χ3n) is 3.02. The lowest BCUT2D eigenvalue weighted by molar-refractivity contribution is 0.262. The van der Waals surface area contributed by atoms with Crippen molar-refractivity contribution in [3.63, 3.8) is 0 Å². The fraction of sp³-hybridized carbons (Fsp3) is 1.00. The van der Waals surface area contributed by atoms with Gasteiger partial charge in [-0.3, -0.25) is 0 Å². The molecule has 13 heavy (non-hydrogen) atoms. The molecule has 1 nitrogen and oxygen atoms in total. The number of hydrogen-bond donors (Lipinski definition) is 0. The van der Waals surface area contributed by atoms with Crippen LogP contribution < -0.4 is 0 Å². The average Bonchev–Trinajstić information content (AvgIpc) is 2.91. The first-order chi connectivity index (χ1) is 6.33. The van der Waals surface area contributed by atoms with Crippen LogP contribution in [0.25, 0.3) is 0 Å². The minimum atomic E-state index is 0.351. The van der Waals surface area contributed by atoms with Gasteiger partial charge >= 0.3 is 0 Å². The highest BCUT2D eigenvalue weighted by Gasteiger charge is 2.42. The van der Waals surface area contributed by atoms with Crippen LogP contribution in [0.5, 0.6) is 0 Å². The van der Waals surface area contributed by atoms with E-state index < -0.39 is 0 Å². The van der Waals surface area contributed by atoms with Gasteiger partial charge in [0.1, 0.15) is 0 Å². The zero-order chi connectivity index (χ0) is 9.57. The maximum Gasteiger partial charge on any atom is 0.0916 e. The molecule has 1 heteroatoms. The van der Waals surface area contributed by atoms with Crippen molar-refractivity contribution in [3.05, 3.63) is 0 Å². The molecular weight excluding hydrogens is 160 g/mol. The van der Waals surface area contributed by atoms with E-state index in [0.29, 0.717) is 5.60 Å². The Kier molecular flexibility index (Phi) is 4.79. The normalized spacial score (nSPS) is 26.3. The van der Waals surface area contributed by atoms with E-state index in [1.807, 2.05) is 0 Å².